The molecule has 1 amide bonds. The monoisotopic (exact) mass is 235 g/mol. The highest BCUT2D eigenvalue weighted by Crippen LogP contribution is 2.20. The van der Waals surface area contributed by atoms with Crippen LogP contribution in [0.15, 0.2) is 35.7 Å². The lowest BCUT2D eigenvalue weighted by atomic mass is 10.2. The van der Waals surface area contributed by atoms with Crippen molar-refractivity contribution in [1.29, 1.82) is 0 Å². The normalized spacial score (nSPS) is 10.1. The number of aryl methyl sites for hydroxylation is 1. The maximum absolute atomic E-state index is 13.4. The zero-order valence-electron chi connectivity index (χ0n) is 8.66. The number of benzene rings is 1. The molecule has 0 aliphatic heterocycles. The van der Waals surface area contributed by atoms with Gasteiger partial charge in [-0.1, -0.05) is 18.2 Å². The molecule has 4 heteroatoms. The van der Waals surface area contributed by atoms with Crippen molar-refractivity contribution in [3.8, 4) is 0 Å². The molecule has 2 aromatic rings. The summed E-state index contributed by atoms with van der Waals surface area (Å²) in [6, 6.07) is 8.19. The maximum atomic E-state index is 13.4. The lowest BCUT2D eigenvalue weighted by Crippen LogP contribution is -2.12. The molecule has 1 heterocycles. The van der Waals surface area contributed by atoms with Gasteiger partial charge in [0.25, 0.3) is 5.91 Å². The number of hydrogen-bond acceptors (Lipinski definition) is 2. The van der Waals surface area contributed by atoms with Crippen molar-refractivity contribution in [3.63, 3.8) is 0 Å². The van der Waals surface area contributed by atoms with Crippen molar-refractivity contribution in [1.82, 2.24) is 0 Å². The highest BCUT2D eigenvalue weighted by molar-refractivity contribution is 7.12. The Balaban J connectivity index is 2.25. The third kappa shape index (κ3) is 2.12. The molecule has 0 aliphatic carbocycles. The molecular weight excluding hydrogens is 225 g/mol. The molecule has 0 bridgehead atoms. The average molecular weight is 235 g/mol. The Morgan fingerprint density at radius 3 is 2.75 bits per heavy atom. The zero-order chi connectivity index (χ0) is 11.5. The van der Waals surface area contributed by atoms with Gasteiger partial charge in [0, 0.05) is 0 Å². The van der Waals surface area contributed by atoms with Gasteiger partial charge < -0.3 is 5.32 Å². The van der Waals surface area contributed by atoms with E-state index in [2.05, 4.69) is 5.32 Å². The fourth-order valence-electron chi connectivity index (χ4n) is 1.37. The fraction of sp³-hybridized carbons (Fsp3) is 0.0833. The molecule has 1 aromatic carbocycles. The highest BCUT2D eigenvalue weighted by Gasteiger charge is 2.11. The fourth-order valence-corrected chi connectivity index (χ4v) is 1.99. The van der Waals surface area contributed by atoms with Crippen LogP contribution in [0.25, 0.3) is 0 Å². The van der Waals surface area contributed by atoms with Crippen LogP contribution in [0.4, 0.5) is 10.1 Å². The predicted octanol–water partition coefficient (Wildman–Crippen LogP) is 3.45. The van der Waals surface area contributed by atoms with Gasteiger partial charge in [-0.25, -0.2) is 4.39 Å². The maximum Gasteiger partial charge on any atom is 0.265 e. The van der Waals surface area contributed by atoms with E-state index in [-0.39, 0.29) is 11.6 Å². The second-order valence-corrected chi connectivity index (χ2v) is 4.31. The number of halogens is 1. The molecule has 0 saturated carbocycles. The number of carbonyl (C=O) groups excluding carboxylic acids is 1. The van der Waals surface area contributed by atoms with Crippen molar-refractivity contribution in [2.24, 2.45) is 0 Å². The quantitative estimate of drug-likeness (QED) is 0.848. The van der Waals surface area contributed by atoms with Crippen LogP contribution >= 0.6 is 11.3 Å². The molecule has 16 heavy (non-hydrogen) atoms. The predicted molar refractivity (Wildman–Crippen MR) is 63.4 cm³/mol. The Bertz CT molecular complexity index is 487. The summed E-state index contributed by atoms with van der Waals surface area (Å²) in [4.78, 5) is 12.3. The summed E-state index contributed by atoms with van der Waals surface area (Å²) in [7, 11) is 0. The van der Waals surface area contributed by atoms with Crippen molar-refractivity contribution >= 4 is 22.9 Å². The van der Waals surface area contributed by atoms with Gasteiger partial charge in [0.05, 0.1) is 10.6 Å². The highest BCUT2D eigenvalue weighted by atomic mass is 32.1. The van der Waals surface area contributed by atoms with Gasteiger partial charge in [-0.05, 0) is 30.0 Å². The Morgan fingerprint density at radius 2 is 2.12 bits per heavy atom. The summed E-state index contributed by atoms with van der Waals surface area (Å²) in [6.45, 7) is 1.76. The summed E-state index contributed by atoms with van der Waals surface area (Å²) in [5, 5.41) is 4.39. The molecule has 0 atom stereocenters. The van der Waals surface area contributed by atoms with Crippen LogP contribution in [0.2, 0.25) is 0 Å². The number of thiophene rings is 1. The van der Waals surface area contributed by atoms with Crippen molar-refractivity contribution in [2.45, 2.75) is 6.92 Å². The molecular formula is C12H10FNOS. The van der Waals surface area contributed by atoms with Gasteiger partial charge in [-0.2, -0.15) is 0 Å². The SMILES string of the molecule is Cc1cccc(F)c1NC(=O)c1cccs1. The van der Waals surface area contributed by atoms with Gasteiger partial charge in [0.15, 0.2) is 0 Å². The first-order chi connectivity index (χ1) is 7.68. The van der Waals surface area contributed by atoms with Crippen LogP contribution in [0.3, 0.4) is 0 Å². The van der Waals surface area contributed by atoms with E-state index in [1.807, 2.05) is 5.38 Å². The number of nitrogens with one attached hydrogen (secondary N) is 1. The largest absolute Gasteiger partial charge is 0.319 e. The van der Waals surface area contributed by atoms with Crippen LogP contribution in [0.1, 0.15) is 15.2 Å². The molecule has 0 radical (unpaired) electrons. The van der Waals surface area contributed by atoms with E-state index in [0.717, 1.165) is 0 Å². The first kappa shape index (κ1) is 10.8. The van der Waals surface area contributed by atoms with Crippen molar-refractivity contribution < 1.29 is 9.18 Å². The summed E-state index contributed by atoms with van der Waals surface area (Å²) in [5.74, 6) is -0.687. The average Bonchev–Trinajstić information content (AvgIpc) is 2.76. The topological polar surface area (TPSA) is 29.1 Å². The number of amides is 1. The molecule has 0 fully saturated rings. The summed E-state index contributed by atoms with van der Waals surface area (Å²) >= 11 is 1.33. The minimum Gasteiger partial charge on any atom is -0.319 e. The second kappa shape index (κ2) is 4.45. The second-order valence-electron chi connectivity index (χ2n) is 3.36. The third-order valence-corrected chi connectivity index (χ3v) is 3.07. The molecule has 0 aliphatic rings. The number of carbonyl (C=O) groups is 1. The molecule has 82 valence electrons. The third-order valence-electron chi connectivity index (χ3n) is 2.21. The van der Waals surface area contributed by atoms with E-state index in [1.165, 1.54) is 17.4 Å². The van der Waals surface area contributed by atoms with Gasteiger partial charge >= 0.3 is 0 Å². The number of rotatable bonds is 2. The Kier molecular flexibility index (Phi) is 3.01. The van der Waals surface area contributed by atoms with E-state index >= 15 is 0 Å². The Hall–Kier alpha value is -1.68. The number of anilines is 1. The Labute approximate surface area is 96.7 Å². The van der Waals surface area contributed by atoms with Gasteiger partial charge in [-0.3, -0.25) is 4.79 Å². The summed E-state index contributed by atoms with van der Waals surface area (Å²) < 4.78 is 13.4. The summed E-state index contributed by atoms with van der Waals surface area (Å²) in [5.41, 5.74) is 0.964. The minimum absolute atomic E-state index is 0.251. The minimum atomic E-state index is -0.412. The van der Waals surface area contributed by atoms with Gasteiger partial charge in [0.1, 0.15) is 5.82 Å². The molecule has 2 nitrogen and oxygen atoms in total. The molecule has 1 N–H and O–H groups in total. The van der Waals surface area contributed by atoms with Crippen LogP contribution < -0.4 is 5.32 Å². The van der Waals surface area contributed by atoms with E-state index < -0.39 is 5.82 Å². The first-order valence-corrected chi connectivity index (χ1v) is 5.66. The van der Waals surface area contributed by atoms with Crippen LogP contribution in [-0.2, 0) is 0 Å². The van der Waals surface area contributed by atoms with Crippen molar-refractivity contribution in [2.75, 3.05) is 5.32 Å². The van der Waals surface area contributed by atoms with Crippen LogP contribution in [-0.4, -0.2) is 5.91 Å². The number of para-hydroxylation sites is 1. The standard InChI is InChI=1S/C12H10FNOS/c1-8-4-2-5-9(13)11(8)14-12(15)10-6-3-7-16-10/h2-7H,1H3,(H,14,15). The smallest absolute Gasteiger partial charge is 0.265 e. The van der Waals surface area contributed by atoms with E-state index in [0.29, 0.717) is 10.4 Å². The van der Waals surface area contributed by atoms with Crippen LogP contribution in [0, 0.1) is 12.7 Å². The molecule has 0 spiro atoms. The van der Waals surface area contributed by atoms with Crippen molar-refractivity contribution in [3.05, 3.63) is 52.0 Å². The lowest BCUT2D eigenvalue weighted by molar-refractivity contribution is 0.103. The van der Waals surface area contributed by atoms with E-state index in [4.69, 9.17) is 0 Å². The van der Waals surface area contributed by atoms with Gasteiger partial charge in [-0.15, -0.1) is 11.3 Å². The molecule has 2 rings (SSSR count). The van der Waals surface area contributed by atoms with E-state index in [9.17, 15) is 9.18 Å². The number of hydrogen-bond donors (Lipinski definition) is 1. The van der Waals surface area contributed by atoms with Crippen LogP contribution in [0.5, 0.6) is 0 Å². The lowest BCUT2D eigenvalue weighted by Gasteiger charge is -2.07. The Morgan fingerprint density at radius 1 is 1.31 bits per heavy atom. The zero-order valence-corrected chi connectivity index (χ0v) is 9.48. The molecule has 0 saturated heterocycles. The van der Waals surface area contributed by atoms with E-state index in [1.54, 1.807) is 31.2 Å². The summed E-state index contributed by atoms with van der Waals surface area (Å²) in [6.07, 6.45) is 0. The van der Waals surface area contributed by atoms with Gasteiger partial charge in [0.2, 0.25) is 0 Å². The molecule has 1 aromatic heterocycles. The first-order valence-electron chi connectivity index (χ1n) is 4.78. The molecule has 0 unspecified atom stereocenters.